The van der Waals surface area contributed by atoms with E-state index in [-0.39, 0.29) is 29.6 Å². The molecule has 0 N–H and O–H groups in total. The Morgan fingerprint density at radius 2 is 1.75 bits per heavy atom. The Hall–Kier alpha value is 0.940. The van der Waals surface area contributed by atoms with E-state index >= 15 is 0 Å². The summed E-state index contributed by atoms with van der Waals surface area (Å²) in [6.45, 7) is 2.69. The molecule has 3 nitrogen and oxygen atoms in total. The van der Waals surface area contributed by atoms with Crippen molar-refractivity contribution in [2.24, 2.45) is 0 Å². The second kappa shape index (κ2) is 3.87. The van der Waals surface area contributed by atoms with Crippen molar-refractivity contribution >= 4 is 21.7 Å². The van der Waals surface area contributed by atoms with Gasteiger partial charge in [0.1, 0.15) is 14.5 Å². The van der Waals surface area contributed by atoms with Crippen molar-refractivity contribution in [3.05, 3.63) is 10.9 Å². The van der Waals surface area contributed by atoms with Gasteiger partial charge in [0.05, 0.1) is 0 Å². The second-order valence-corrected chi connectivity index (χ2v) is 2.89. The Balaban J connectivity index is 0. The van der Waals surface area contributed by atoms with Crippen LogP contribution in [0, 0.1) is 0 Å². The third kappa shape index (κ3) is 5.08. The minimum Gasteiger partial charge on any atom is -0.743 e. The first kappa shape index (κ1) is 11.7. The molecule has 0 spiro atoms. The number of hydrogen-bond donors (Lipinski definition) is 0. The molecule has 0 rings (SSSR count). The largest absolute Gasteiger partial charge is 1.00 e. The zero-order valence-corrected chi connectivity index (χ0v) is 7.79. The van der Waals surface area contributed by atoms with Crippen LogP contribution in [0.3, 0.4) is 0 Å². The van der Waals surface area contributed by atoms with Crippen molar-refractivity contribution in [3.63, 3.8) is 0 Å². The van der Waals surface area contributed by atoms with Gasteiger partial charge in [0.25, 0.3) is 0 Å². The molecule has 8 heavy (non-hydrogen) atoms. The van der Waals surface area contributed by atoms with Crippen LogP contribution in [-0.2, 0) is 10.1 Å². The van der Waals surface area contributed by atoms with Gasteiger partial charge in [-0.1, -0.05) is 18.2 Å². The Labute approximate surface area is 74.8 Å². The van der Waals surface area contributed by atoms with Crippen molar-refractivity contribution in [3.8, 4) is 0 Å². The van der Waals surface area contributed by atoms with E-state index < -0.39 is 14.5 Å². The molecule has 0 saturated heterocycles. The maximum atomic E-state index is 9.54. The van der Waals surface area contributed by atoms with Crippen LogP contribution in [-0.4, -0.2) is 13.0 Å². The number of hydrogen-bond acceptors (Lipinski definition) is 3. The maximum absolute atomic E-state index is 9.54. The molecule has 6 heteroatoms. The third-order valence-electron chi connectivity index (χ3n) is 0.271. The molecule has 0 aromatic carbocycles. The minimum atomic E-state index is -4.42. The molecule has 0 aliphatic heterocycles. The van der Waals surface area contributed by atoms with Crippen molar-refractivity contribution in [2.75, 3.05) is 0 Å². The van der Waals surface area contributed by atoms with Crippen LogP contribution in [0.5, 0.6) is 0 Å². The van der Waals surface area contributed by atoms with Crippen LogP contribution >= 0.6 is 11.6 Å². The van der Waals surface area contributed by atoms with Crippen LogP contribution in [0.4, 0.5) is 0 Å². The van der Waals surface area contributed by atoms with Gasteiger partial charge in [-0.05, 0) is 0 Å². The van der Waals surface area contributed by atoms with Crippen molar-refractivity contribution in [2.45, 2.75) is 0 Å². The summed E-state index contributed by atoms with van der Waals surface area (Å²) in [6, 6.07) is 0. The summed E-state index contributed by atoms with van der Waals surface area (Å²) in [4.78, 5) is 0. The van der Waals surface area contributed by atoms with Gasteiger partial charge in [-0.15, -0.1) is 0 Å². The Morgan fingerprint density at radius 1 is 1.62 bits per heavy atom. The Bertz CT molecular complexity index is 172. The Kier molecular flexibility index (Phi) is 5.66. The van der Waals surface area contributed by atoms with E-state index in [0.29, 0.717) is 0 Å². The van der Waals surface area contributed by atoms with Crippen LogP contribution < -0.4 is 29.6 Å². The Morgan fingerprint density at radius 3 is 1.75 bits per heavy atom. The SMILES string of the molecule is C=C(Cl)S(=O)(=O)[O-].[Na+]. The molecule has 0 fully saturated rings. The first-order chi connectivity index (χ1) is 2.94. The average Bonchev–Trinajstić information content (AvgIpc) is 1.31. The quantitative estimate of drug-likeness (QED) is 0.312. The summed E-state index contributed by atoms with van der Waals surface area (Å²) in [5.41, 5.74) is 0. The molecule has 0 amide bonds. The van der Waals surface area contributed by atoms with E-state index in [4.69, 9.17) is 0 Å². The zero-order valence-electron chi connectivity index (χ0n) is 4.22. The van der Waals surface area contributed by atoms with Crippen molar-refractivity contribution in [1.29, 1.82) is 0 Å². The van der Waals surface area contributed by atoms with E-state index in [2.05, 4.69) is 18.2 Å². The summed E-state index contributed by atoms with van der Waals surface area (Å²) in [6.07, 6.45) is 0. The number of rotatable bonds is 1. The van der Waals surface area contributed by atoms with Crippen molar-refractivity contribution in [1.82, 2.24) is 0 Å². The van der Waals surface area contributed by atoms with E-state index in [1.165, 1.54) is 0 Å². The summed E-state index contributed by atoms with van der Waals surface area (Å²) in [5, 5.41) is 0. The van der Waals surface area contributed by atoms with Gasteiger partial charge in [0.15, 0.2) is 0 Å². The molecule has 0 aromatic heterocycles. The standard InChI is InChI=1S/C2H3ClO3S.Na/c1-2(3)7(4,5)6;/h1H2,(H,4,5,6);/q;+1/p-1. The van der Waals surface area contributed by atoms with E-state index in [0.717, 1.165) is 0 Å². The molecule has 0 bridgehead atoms. The fourth-order valence-electron chi connectivity index (χ4n) is 0. The predicted octanol–water partition coefficient (Wildman–Crippen LogP) is -2.75. The normalized spacial score (nSPS) is 9.75. The van der Waals surface area contributed by atoms with Crippen LogP contribution in [0.15, 0.2) is 10.9 Å². The molecular formula is C2H2ClNaO3S. The fraction of sp³-hybridized carbons (Fsp3) is 0. The minimum absolute atomic E-state index is 0. The van der Waals surface area contributed by atoms with Gasteiger partial charge in [0, 0.05) is 0 Å². The first-order valence-corrected chi connectivity index (χ1v) is 3.03. The van der Waals surface area contributed by atoms with E-state index in [1.54, 1.807) is 0 Å². The van der Waals surface area contributed by atoms with Crippen molar-refractivity contribution < 1.29 is 42.5 Å². The summed E-state index contributed by atoms with van der Waals surface area (Å²) in [5.74, 6) is 0. The maximum Gasteiger partial charge on any atom is 1.00 e. The third-order valence-corrected chi connectivity index (χ3v) is 1.38. The topological polar surface area (TPSA) is 57.2 Å². The zero-order chi connectivity index (χ0) is 6.08. The fourth-order valence-corrected chi connectivity index (χ4v) is 0. The summed E-state index contributed by atoms with van der Waals surface area (Å²) >= 11 is 4.66. The molecular weight excluding hydrogens is 163 g/mol. The molecule has 0 aromatic rings. The number of halogens is 1. The van der Waals surface area contributed by atoms with Crippen LogP contribution in [0.2, 0.25) is 0 Å². The van der Waals surface area contributed by atoms with Gasteiger partial charge >= 0.3 is 29.6 Å². The van der Waals surface area contributed by atoms with Gasteiger partial charge < -0.3 is 4.55 Å². The molecule has 0 heterocycles. The summed E-state index contributed by atoms with van der Waals surface area (Å²) < 4.78 is 27.8. The van der Waals surface area contributed by atoms with Gasteiger partial charge in [0.2, 0.25) is 0 Å². The van der Waals surface area contributed by atoms with Crippen LogP contribution in [0.25, 0.3) is 0 Å². The smallest absolute Gasteiger partial charge is 0.743 e. The molecule has 0 unspecified atom stereocenters. The molecule has 0 aliphatic rings. The molecule has 0 atom stereocenters. The van der Waals surface area contributed by atoms with Gasteiger partial charge in [-0.25, -0.2) is 8.42 Å². The van der Waals surface area contributed by atoms with Crippen LogP contribution in [0.1, 0.15) is 0 Å². The molecule has 0 saturated carbocycles. The van der Waals surface area contributed by atoms with Gasteiger partial charge in [-0.2, -0.15) is 0 Å². The molecule has 0 radical (unpaired) electrons. The molecule has 42 valence electrons. The molecule has 0 aliphatic carbocycles. The average molecular weight is 165 g/mol. The second-order valence-electron chi connectivity index (χ2n) is 0.809. The van der Waals surface area contributed by atoms with E-state index in [9.17, 15) is 13.0 Å². The monoisotopic (exact) mass is 164 g/mol. The van der Waals surface area contributed by atoms with E-state index in [1.807, 2.05) is 0 Å². The predicted molar refractivity (Wildman–Crippen MR) is 24.7 cm³/mol. The first-order valence-electron chi connectivity index (χ1n) is 1.25. The summed E-state index contributed by atoms with van der Waals surface area (Å²) in [7, 11) is -4.42. The van der Waals surface area contributed by atoms with Gasteiger partial charge in [-0.3, -0.25) is 0 Å².